The van der Waals surface area contributed by atoms with Gasteiger partial charge in [0, 0.05) is 37.0 Å². The number of allylic oxidation sites excluding steroid dienone is 2. The third-order valence-corrected chi connectivity index (χ3v) is 11.7. The van der Waals surface area contributed by atoms with Crippen LogP contribution in [0.25, 0.3) is 0 Å². The summed E-state index contributed by atoms with van der Waals surface area (Å²) < 4.78 is 11.5. The average molecular weight is 587 g/mol. The molecule has 4 rings (SSSR count). The van der Waals surface area contributed by atoms with E-state index in [1.54, 1.807) is 32.9 Å². The van der Waals surface area contributed by atoms with Crippen LogP contribution in [0.4, 0.5) is 0 Å². The van der Waals surface area contributed by atoms with Crippen LogP contribution in [0, 0.1) is 39.4 Å². The number of ketones is 2. The highest BCUT2D eigenvalue weighted by Crippen LogP contribution is 2.74. The molecule has 8 heteroatoms. The molecule has 0 saturated heterocycles. The van der Waals surface area contributed by atoms with E-state index in [1.807, 2.05) is 20.8 Å². The molecule has 0 bridgehead atoms. The standard InChI is InChI=1S/C34H50O8/c1-19(35)41-23-16-22-21(30(5,6)28(23)38)12-13-25-31(7)17-24(42-20(2)36)27(32(31,8)18-26(37)34(22,25)10)33(9,40)15-11-14-29(3,4)39/h11-12,14,22-25,27,39-40H,13,15-18H2,1-10H3/b14-11+/t22-,23-,24+,25-,27-,31-,32+,33-,34-/m0/s1. The quantitative estimate of drug-likeness (QED) is 0.333. The Labute approximate surface area is 250 Å². The maximum atomic E-state index is 14.6. The minimum absolute atomic E-state index is 0.0612. The maximum absolute atomic E-state index is 14.6. The van der Waals surface area contributed by atoms with Crippen LogP contribution in [-0.4, -0.2) is 57.1 Å². The molecule has 0 radical (unpaired) electrons. The molecule has 0 aromatic rings. The Kier molecular flexibility index (Phi) is 7.85. The summed E-state index contributed by atoms with van der Waals surface area (Å²) in [6.45, 7) is 17.7. The number of Topliss-reactive ketones (excluding diaryl/α,β-unsaturated/α-hetero) is 2. The van der Waals surface area contributed by atoms with E-state index in [0.29, 0.717) is 12.8 Å². The van der Waals surface area contributed by atoms with Crippen LogP contribution in [0.1, 0.15) is 101 Å². The summed E-state index contributed by atoms with van der Waals surface area (Å²) in [4.78, 5) is 52.3. The average Bonchev–Trinajstić information content (AvgIpc) is 3.02. The van der Waals surface area contributed by atoms with Gasteiger partial charge in [-0.25, -0.2) is 0 Å². The van der Waals surface area contributed by atoms with Crippen LogP contribution in [0.2, 0.25) is 0 Å². The Morgan fingerprint density at radius 2 is 1.60 bits per heavy atom. The molecule has 8 nitrogen and oxygen atoms in total. The fraction of sp³-hybridized carbons (Fsp3) is 0.765. The van der Waals surface area contributed by atoms with E-state index in [9.17, 15) is 29.4 Å². The number of hydrogen-bond donors (Lipinski definition) is 2. The second-order valence-corrected chi connectivity index (χ2v) is 15.5. The Hall–Kier alpha value is -2.32. The Balaban J connectivity index is 1.83. The molecule has 42 heavy (non-hydrogen) atoms. The van der Waals surface area contributed by atoms with Crippen LogP contribution in [0.5, 0.6) is 0 Å². The second-order valence-electron chi connectivity index (χ2n) is 15.5. The molecule has 3 fully saturated rings. The highest BCUT2D eigenvalue weighted by molar-refractivity contribution is 5.95. The molecule has 234 valence electrons. The number of fused-ring (bicyclic) bond motifs is 5. The fourth-order valence-corrected chi connectivity index (χ4v) is 9.77. The molecule has 0 amide bonds. The minimum Gasteiger partial charge on any atom is -0.462 e. The minimum atomic E-state index is -1.34. The zero-order valence-electron chi connectivity index (χ0n) is 27.0. The predicted octanol–water partition coefficient (Wildman–Crippen LogP) is 4.89. The third kappa shape index (κ3) is 4.90. The molecule has 4 aliphatic carbocycles. The van der Waals surface area contributed by atoms with Gasteiger partial charge in [0.1, 0.15) is 11.9 Å². The topological polar surface area (TPSA) is 127 Å². The molecule has 4 aliphatic rings. The molecular formula is C34H50O8. The van der Waals surface area contributed by atoms with Gasteiger partial charge in [0.2, 0.25) is 0 Å². The van der Waals surface area contributed by atoms with Gasteiger partial charge < -0.3 is 19.7 Å². The van der Waals surface area contributed by atoms with Crippen LogP contribution in [0.15, 0.2) is 23.8 Å². The van der Waals surface area contributed by atoms with E-state index in [1.165, 1.54) is 13.8 Å². The first kappa shape index (κ1) is 32.6. The van der Waals surface area contributed by atoms with E-state index >= 15 is 0 Å². The van der Waals surface area contributed by atoms with Gasteiger partial charge in [-0.2, -0.15) is 0 Å². The molecule has 0 aliphatic heterocycles. The van der Waals surface area contributed by atoms with Gasteiger partial charge in [0.25, 0.3) is 0 Å². The summed E-state index contributed by atoms with van der Waals surface area (Å²) in [5.41, 5.74) is -4.38. The Bertz CT molecular complexity index is 1230. The van der Waals surface area contributed by atoms with Gasteiger partial charge in [0.15, 0.2) is 11.9 Å². The summed E-state index contributed by atoms with van der Waals surface area (Å²) in [7, 11) is 0. The molecule has 0 aromatic heterocycles. The molecular weight excluding hydrogens is 536 g/mol. The van der Waals surface area contributed by atoms with E-state index in [2.05, 4.69) is 19.9 Å². The van der Waals surface area contributed by atoms with Crippen molar-refractivity contribution in [3.8, 4) is 0 Å². The van der Waals surface area contributed by atoms with Crippen molar-refractivity contribution in [2.24, 2.45) is 39.4 Å². The van der Waals surface area contributed by atoms with Crippen LogP contribution in [0.3, 0.4) is 0 Å². The molecule has 2 N–H and O–H groups in total. The number of hydrogen-bond acceptors (Lipinski definition) is 8. The number of carbonyl (C=O) groups is 4. The summed E-state index contributed by atoms with van der Waals surface area (Å²) in [6.07, 6.45) is 5.71. The molecule has 0 unspecified atom stereocenters. The normalized spacial score (nSPS) is 40.9. The van der Waals surface area contributed by atoms with Crippen molar-refractivity contribution in [1.82, 2.24) is 0 Å². The van der Waals surface area contributed by atoms with Crippen molar-refractivity contribution in [1.29, 1.82) is 0 Å². The van der Waals surface area contributed by atoms with Crippen molar-refractivity contribution in [2.75, 3.05) is 0 Å². The van der Waals surface area contributed by atoms with Crippen LogP contribution < -0.4 is 0 Å². The number of aliphatic hydroxyl groups is 2. The van der Waals surface area contributed by atoms with Gasteiger partial charge in [0.05, 0.1) is 11.2 Å². The number of carbonyl (C=O) groups excluding carboxylic acids is 4. The van der Waals surface area contributed by atoms with Crippen molar-refractivity contribution in [2.45, 2.75) is 125 Å². The molecule has 0 aromatic carbocycles. The molecule has 9 atom stereocenters. The molecule has 3 saturated carbocycles. The van der Waals surface area contributed by atoms with Gasteiger partial charge in [-0.1, -0.05) is 44.6 Å². The lowest BCUT2D eigenvalue weighted by molar-refractivity contribution is -0.185. The monoisotopic (exact) mass is 586 g/mol. The lowest BCUT2D eigenvalue weighted by Gasteiger charge is -2.64. The van der Waals surface area contributed by atoms with Gasteiger partial charge in [-0.05, 0) is 83.0 Å². The van der Waals surface area contributed by atoms with Crippen molar-refractivity contribution in [3.05, 3.63) is 23.8 Å². The summed E-state index contributed by atoms with van der Waals surface area (Å²) in [5, 5.41) is 22.2. The van der Waals surface area contributed by atoms with Gasteiger partial charge in [-0.15, -0.1) is 0 Å². The van der Waals surface area contributed by atoms with E-state index in [-0.39, 0.29) is 42.7 Å². The lowest BCUT2D eigenvalue weighted by atomic mass is 9.38. The van der Waals surface area contributed by atoms with Crippen molar-refractivity contribution >= 4 is 23.5 Å². The van der Waals surface area contributed by atoms with E-state index < -0.39 is 62.9 Å². The Morgan fingerprint density at radius 3 is 2.14 bits per heavy atom. The van der Waals surface area contributed by atoms with Gasteiger partial charge >= 0.3 is 11.9 Å². The summed E-state index contributed by atoms with van der Waals surface area (Å²) in [5.74, 6) is -2.02. The highest BCUT2D eigenvalue weighted by Gasteiger charge is 2.74. The van der Waals surface area contributed by atoms with Crippen LogP contribution >= 0.6 is 0 Å². The first-order chi connectivity index (χ1) is 19.0. The van der Waals surface area contributed by atoms with E-state index in [0.717, 1.165) is 5.57 Å². The summed E-state index contributed by atoms with van der Waals surface area (Å²) >= 11 is 0. The zero-order valence-corrected chi connectivity index (χ0v) is 27.0. The number of esters is 2. The second kappa shape index (κ2) is 10.1. The van der Waals surface area contributed by atoms with Crippen molar-refractivity contribution < 1.29 is 38.9 Å². The SMILES string of the molecule is CC(=O)O[C@H]1C[C@H]2C(=CC[C@@H]3[C@@]2(C)C(=O)C[C@]2(C)[C@@H]([C@@](C)(O)C/C=C/C(C)(C)O)[C@H](OC(C)=O)C[C@@]32C)C(C)(C)C1=O. The summed E-state index contributed by atoms with van der Waals surface area (Å²) in [6, 6.07) is 0. The predicted molar refractivity (Wildman–Crippen MR) is 157 cm³/mol. The largest absolute Gasteiger partial charge is 0.462 e. The smallest absolute Gasteiger partial charge is 0.303 e. The fourth-order valence-electron chi connectivity index (χ4n) is 9.77. The van der Waals surface area contributed by atoms with Gasteiger partial charge in [-0.3, -0.25) is 19.2 Å². The zero-order chi connectivity index (χ0) is 31.8. The molecule has 0 heterocycles. The van der Waals surface area contributed by atoms with E-state index in [4.69, 9.17) is 9.47 Å². The highest BCUT2D eigenvalue weighted by atomic mass is 16.5. The number of rotatable bonds is 6. The first-order valence-electron chi connectivity index (χ1n) is 15.3. The third-order valence-electron chi connectivity index (χ3n) is 11.7. The van der Waals surface area contributed by atoms with Crippen molar-refractivity contribution in [3.63, 3.8) is 0 Å². The maximum Gasteiger partial charge on any atom is 0.303 e. The molecule has 0 spiro atoms. The van der Waals surface area contributed by atoms with Crippen LogP contribution in [-0.2, 0) is 28.7 Å². The first-order valence-corrected chi connectivity index (χ1v) is 15.3. The number of ether oxygens (including phenoxy) is 2. The lowest BCUT2D eigenvalue weighted by Crippen LogP contribution is -2.65. The Morgan fingerprint density at radius 1 is 1.00 bits per heavy atom.